The minimum atomic E-state index is -0.516. The maximum Gasteiger partial charge on any atom is 0.336 e. The number of allylic oxidation sites excluding steroid dienone is 1. The molecule has 0 saturated carbocycles. The SMILES string of the molecule is CCOC(=O)[C@@H]1C=C(C(C)C)N=N1. The van der Waals surface area contributed by atoms with Crippen molar-refractivity contribution in [1.29, 1.82) is 0 Å². The van der Waals surface area contributed by atoms with Crippen molar-refractivity contribution in [3.8, 4) is 0 Å². The lowest BCUT2D eigenvalue weighted by atomic mass is 10.1. The smallest absolute Gasteiger partial charge is 0.336 e. The molecule has 0 amide bonds. The zero-order valence-corrected chi connectivity index (χ0v) is 8.15. The Hall–Kier alpha value is -1.19. The van der Waals surface area contributed by atoms with Gasteiger partial charge in [0.15, 0.2) is 6.04 Å². The van der Waals surface area contributed by atoms with Crippen molar-refractivity contribution in [1.82, 2.24) is 0 Å². The fourth-order valence-corrected chi connectivity index (χ4v) is 1.01. The highest BCUT2D eigenvalue weighted by Gasteiger charge is 2.22. The Morgan fingerprint density at radius 2 is 2.38 bits per heavy atom. The number of hydrogen-bond donors (Lipinski definition) is 0. The quantitative estimate of drug-likeness (QED) is 0.626. The molecule has 1 aliphatic rings. The summed E-state index contributed by atoms with van der Waals surface area (Å²) in [7, 11) is 0. The second-order valence-electron chi connectivity index (χ2n) is 3.16. The molecule has 1 atom stereocenters. The average molecular weight is 182 g/mol. The van der Waals surface area contributed by atoms with Gasteiger partial charge in [0.2, 0.25) is 0 Å². The van der Waals surface area contributed by atoms with Crippen LogP contribution in [0.1, 0.15) is 20.8 Å². The fraction of sp³-hybridized carbons (Fsp3) is 0.667. The van der Waals surface area contributed by atoms with Crippen molar-refractivity contribution in [2.24, 2.45) is 16.1 Å². The summed E-state index contributed by atoms with van der Waals surface area (Å²) < 4.78 is 4.82. The monoisotopic (exact) mass is 182 g/mol. The van der Waals surface area contributed by atoms with Crippen LogP contribution in [0.5, 0.6) is 0 Å². The number of nitrogens with zero attached hydrogens (tertiary/aromatic N) is 2. The van der Waals surface area contributed by atoms with Gasteiger partial charge in [-0.05, 0) is 18.9 Å². The standard InChI is InChI=1S/C9H14N2O2/c1-4-13-9(12)8-5-7(6(2)3)10-11-8/h5-6,8H,4H2,1-3H3/t8-/m0/s1. The Morgan fingerprint density at radius 3 is 2.85 bits per heavy atom. The van der Waals surface area contributed by atoms with Gasteiger partial charge in [-0.25, -0.2) is 4.79 Å². The summed E-state index contributed by atoms with van der Waals surface area (Å²) in [6.45, 7) is 6.18. The minimum absolute atomic E-state index is 0.308. The summed E-state index contributed by atoms with van der Waals surface area (Å²) in [6, 6.07) is -0.516. The summed E-state index contributed by atoms with van der Waals surface area (Å²) in [5.74, 6) is -0.00919. The van der Waals surface area contributed by atoms with Crippen LogP contribution >= 0.6 is 0 Å². The van der Waals surface area contributed by atoms with E-state index in [4.69, 9.17) is 4.74 Å². The first kappa shape index (κ1) is 9.89. The molecule has 0 spiro atoms. The first-order valence-corrected chi connectivity index (χ1v) is 4.44. The van der Waals surface area contributed by atoms with E-state index < -0.39 is 6.04 Å². The summed E-state index contributed by atoms with van der Waals surface area (Å²) >= 11 is 0. The molecule has 72 valence electrons. The number of hydrogen-bond acceptors (Lipinski definition) is 4. The molecule has 1 rings (SSSR count). The summed E-state index contributed by atoms with van der Waals surface area (Å²) in [4.78, 5) is 11.2. The van der Waals surface area contributed by atoms with Gasteiger partial charge in [0.25, 0.3) is 0 Å². The normalized spacial score (nSPS) is 20.6. The highest BCUT2D eigenvalue weighted by molar-refractivity contribution is 5.78. The molecular formula is C9H14N2O2. The summed E-state index contributed by atoms with van der Waals surface area (Å²) in [5, 5.41) is 7.72. The molecule has 0 fully saturated rings. The van der Waals surface area contributed by atoms with E-state index in [9.17, 15) is 4.79 Å². The highest BCUT2D eigenvalue weighted by Crippen LogP contribution is 2.20. The van der Waals surface area contributed by atoms with Gasteiger partial charge in [-0.15, -0.1) is 0 Å². The lowest BCUT2D eigenvalue weighted by molar-refractivity contribution is -0.143. The molecule has 0 aromatic rings. The van der Waals surface area contributed by atoms with Gasteiger partial charge in [-0.3, -0.25) is 0 Å². The van der Waals surface area contributed by atoms with Gasteiger partial charge in [0, 0.05) is 0 Å². The first-order valence-electron chi connectivity index (χ1n) is 4.44. The van der Waals surface area contributed by atoms with E-state index >= 15 is 0 Å². The van der Waals surface area contributed by atoms with Crippen LogP contribution in [-0.4, -0.2) is 18.6 Å². The second-order valence-corrected chi connectivity index (χ2v) is 3.16. The zero-order chi connectivity index (χ0) is 9.84. The molecule has 0 aromatic carbocycles. The van der Waals surface area contributed by atoms with Gasteiger partial charge in [0.1, 0.15) is 0 Å². The Morgan fingerprint density at radius 1 is 1.69 bits per heavy atom. The van der Waals surface area contributed by atoms with E-state index in [1.807, 2.05) is 13.8 Å². The third kappa shape index (κ3) is 2.37. The Bertz CT molecular complexity index is 256. The highest BCUT2D eigenvalue weighted by atomic mass is 16.5. The number of azo groups is 1. The van der Waals surface area contributed by atoms with Crippen molar-refractivity contribution < 1.29 is 9.53 Å². The third-order valence-corrected chi connectivity index (χ3v) is 1.75. The van der Waals surface area contributed by atoms with Gasteiger partial charge in [-0.1, -0.05) is 13.8 Å². The molecular weight excluding hydrogens is 168 g/mol. The molecule has 0 saturated heterocycles. The van der Waals surface area contributed by atoms with Crippen molar-refractivity contribution in [2.45, 2.75) is 26.8 Å². The van der Waals surface area contributed by atoms with Crippen LogP contribution in [0.2, 0.25) is 0 Å². The number of esters is 1. The lowest BCUT2D eigenvalue weighted by Gasteiger charge is -2.02. The van der Waals surface area contributed by atoms with E-state index in [1.54, 1.807) is 13.0 Å². The van der Waals surface area contributed by atoms with E-state index in [0.717, 1.165) is 5.70 Å². The van der Waals surface area contributed by atoms with Crippen LogP contribution in [0.15, 0.2) is 22.0 Å². The van der Waals surface area contributed by atoms with Gasteiger partial charge in [-0.2, -0.15) is 10.2 Å². The van der Waals surface area contributed by atoms with E-state index in [2.05, 4.69) is 10.2 Å². The molecule has 1 heterocycles. The van der Waals surface area contributed by atoms with Gasteiger partial charge >= 0.3 is 5.97 Å². The van der Waals surface area contributed by atoms with E-state index in [0.29, 0.717) is 12.5 Å². The van der Waals surface area contributed by atoms with Gasteiger partial charge in [0.05, 0.1) is 12.3 Å². The predicted molar refractivity (Wildman–Crippen MR) is 48.2 cm³/mol. The maximum atomic E-state index is 11.2. The average Bonchev–Trinajstić information content (AvgIpc) is 2.52. The van der Waals surface area contributed by atoms with Crippen LogP contribution in [0.25, 0.3) is 0 Å². The van der Waals surface area contributed by atoms with Crippen LogP contribution in [0.4, 0.5) is 0 Å². The van der Waals surface area contributed by atoms with Crippen molar-refractivity contribution in [2.75, 3.05) is 6.61 Å². The van der Waals surface area contributed by atoms with E-state index in [1.165, 1.54) is 0 Å². The molecule has 0 bridgehead atoms. The van der Waals surface area contributed by atoms with Gasteiger partial charge < -0.3 is 4.74 Å². The minimum Gasteiger partial charge on any atom is -0.464 e. The predicted octanol–water partition coefficient (Wildman–Crippen LogP) is 1.92. The lowest BCUT2D eigenvalue weighted by Crippen LogP contribution is -2.17. The number of rotatable bonds is 3. The fourth-order valence-electron chi connectivity index (χ4n) is 1.01. The molecule has 4 heteroatoms. The number of carbonyl (C=O) groups is 1. The van der Waals surface area contributed by atoms with Crippen LogP contribution < -0.4 is 0 Å². The summed E-state index contributed by atoms with van der Waals surface area (Å²) in [6.07, 6.45) is 1.75. The topological polar surface area (TPSA) is 51.0 Å². The molecule has 0 radical (unpaired) electrons. The maximum absolute atomic E-state index is 11.2. The Kier molecular flexibility index (Phi) is 3.17. The molecule has 0 N–H and O–H groups in total. The first-order chi connectivity index (χ1) is 6.15. The van der Waals surface area contributed by atoms with Crippen LogP contribution in [-0.2, 0) is 9.53 Å². The molecule has 4 nitrogen and oxygen atoms in total. The molecule has 13 heavy (non-hydrogen) atoms. The van der Waals surface area contributed by atoms with E-state index in [-0.39, 0.29) is 5.97 Å². The number of carbonyl (C=O) groups excluding carboxylic acids is 1. The molecule has 0 unspecified atom stereocenters. The van der Waals surface area contributed by atoms with Crippen LogP contribution in [0, 0.1) is 5.92 Å². The van der Waals surface area contributed by atoms with Crippen molar-refractivity contribution >= 4 is 5.97 Å². The van der Waals surface area contributed by atoms with Crippen molar-refractivity contribution in [3.63, 3.8) is 0 Å². The summed E-state index contributed by atoms with van der Waals surface area (Å²) in [5.41, 5.74) is 0.859. The Balaban J connectivity index is 2.58. The molecule has 0 aliphatic carbocycles. The molecule has 0 aromatic heterocycles. The number of ether oxygens (including phenoxy) is 1. The molecule has 1 aliphatic heterocycles. The second kappa shape index (κ2) is 4.16. The third-order valence-electron chi connectivity index (χ3n) is 1.75. The van der Waals surface area contributed by atoms with Crippen molar-refractivity contribution in [3.05, 3.63) is 11.8 Å². The zero-order valence-electron chi connectivity index (χ0n) is 8.15. The van der Waals surface area contributed by atoms with Crippen LogP contribution in [0.3, 0.4) is 0 Å². The Labute approximate surface area is 77.7 Å². The largest absolute Gasteiger partial charge is 0.464 e.